The highest BCUT2D eigenvalue weighted by Gasteiger charge is 2.31. The minimum Gasteiger partial charge on any atom is -0.598 e. The number of rotatable bonds is 5. The second-order valence-corrected chi connectivity index (χ2v) is 9.64. The fourth-order valence-corrected chi connectivity index (χ4v) is 3.54. The van der Waals surface area contributed by atoms with Gasteiger partial charge in [-0.2, -0.15) is 0 Å². The van der Waals surface area contributed by atoms with E-state index in [9.17, 15) is 9.35 Å². The van der Waals surface area contributed by atoms with Gasteiger partial charge in [0.15, 0.2) is 0 Å². The Balaban J connectivity index is 1.97. The first-order valence-electron chi connectivity index (χ1n) is 8.53. The van der Waals surface area contributed by atoms with E-state index in [2.05, 4.69) is 9.71 Å². The molecule has 0 fully saturated rings. The predicted molar refractivity (Wildman–Crippen MR) is 108 cm³/mol. The molecule has 1 aliphatic rings. The van der Waals surface area contributed by atoms with Crippen molar-refractivity contribution in [3.05, 3.63) is 70.2 Å². The molecule has 2 aromatic carbocycles. The van der Waals surface area contributed by atoms with E-state index in [1.807, 2.05) is 57.2 Å². The molecule has 0 unspecified atom stereocenters. The molecule has 1 heterocycles. The van der Waals surface area contributed by atoms with Crippen molar-refractivity contribution in [3.63, 3.8) is 0 Å². The summed E-state index contributed by atoms with van der Waals surface area (Å²) in [5.41, 5.74) is 2.53. The second kappa shape index (κ2) is 8.02. The Labute approximate surface area is 167 Å². The van der Waals surface area contributed by atoms with Crippen LogP contribution in [0.4, 0.5) is 0 Å². The Morgan fingerprint density at radius 3 is 2.48 bits per heavy atom. The van der Waals surface area contributed by atoms with Crippen LogP contribution in [0.5, 0.6) is 0 Å². The first kappa shape index (κ1) is 19.9. The van der Waals surface area contributed by atoms with E-state index in [1.165, 1.54) is 0 Å². The Morgan fingerprint density at radius 1 is 1.19 bits per heavy atom. The van der Waals surface area contributed by atoms with Crippen molar-refractivity contribution in [1.29, 1.82) is 0 Å². The van der Waals surface area contributed by atoms with Gasteiger partial charge in [-0.25, -0.2) is 9.79 Å². The molecule has 142 valence electrons. The van der Waals surface area contributed by atoms with Crippen molar-refractivity contribution in [3.8, 4) is 0 Å². The minimum absolute atomic E-state index is 0.0342. The normalized spacial score (nSPS) is 16.6. The summed E-state index contributed by atoms with van der Waals surface area (Å²) in [6.45, 7) is 5.78. The highest BCUT2D eigenvalue weighted by atomic mass is 35.5. The lowest BCUT2D eigenvalue weighted by molar-refractivity contribution is -0.132. The van der Waals surface area contributed by atoms with Gasteiger partial charge in [0.1, 0.15) is 17.3 Å². The highest BCUT2D eigenvalue weighted by Crippen LogP contribution is 2.28. The van der Waals surface area contributed by atoms with Gasteiger partial charge in [-0.05, 0) is 56.2 Å². The SMILES string of the molecule is CC(C)(C)[S@+]([O-])N[C@@H](c1ccc(Cl)cc1)c1cccc(C2=NCC(=O)O2)c1. The first-order valence-corrected chi connectivity index (χ1v) is 10.1. The molecule has 3 rings (SSSR count). The van der Waals surface area contributed by atoms with Gasteiger partial charge in [-0.1, -0.05) is 35.9 Å². The summed E-state index contributed by atoms with van der Waals surface area (Å²) in [5.74, 6) is -0.0507. The summed E-state index contributed by atoms with van der Waals surface area (Å²) >= 11 is 4.73. The number of ether oxygens (including phenoxy) is 1. The molecule has 0 bridgehead atoms. The molecule has 0 aromatic heterocycles. The van der Waals surface area contributed by atoms with E-state index in [1.54, 1.807) is 12.1 Å². The summed E-state index contributed by atoms with van der Waals surface area (Å²) in [4.78, 5) is 15.5. The van der Waals surface area contributed by atoms with Gasteiger partial charge in [0, 0.05) is 21.9 Å². The molecule has 1 N–H and O–H groups in total. The van der Waals surface area contributed by atoms with Crippen molar-refractivity contribution in [2.45, 2.75) is 31.6 Å². The molecule has 0 spiro atoms. The van der Waals surface area contributed by atoms with Crippen molar-refractivity contribution in [2.75, 3.05) is 6.54 Å². The number of nitrogens with zero attached hydrogens (tertiary/aromatic N) is 1. The zero-order valence-electron chi connectivity index (χ0n) is 15.4. The van der Waals surface area contributed by atoms with E-state index in [0.717, 1.165) is 11.1 Å². The summed E-state index contributed by atoms with van der Waals surface area (Å²) in [6.07, 6.45) is 0. The van der Waals surface area contributed by atoms with E-state index >= 15 is 0 Å². The topological polar surface area (TPSA) is 73.8 Å². The van der Waals surface area contributed by atoms with E-state index < -0.39 is 16.1 Å². The minimum atomic E-state index is -1.29. The van der Waals surface area contributed by atoms with Gasteiger partial charge in [-0.15, -0.1) is 4.72 Å². The van der Waals surface area contributed by atoms with Gasteiger partial charge < -0.3 is 9.29 Å². The number of esters is 1. The van der Waals surface area contributed by atoms with E-state index in [4.69, 9.17) is 16.3 Å². The van der Waals surface area contributed by atoms with Gasteiger partial charge in [0.2, 0.25) is 5.90 Å². The van der Waals surface area contributed by atoms with Crippen molar-refractivity contribution in [2.24, 2.45) is 4.99 Å². The van der Waals surface area contributed by atoms with Crippen molar-refractivity contribution >= 4 is 34.8 Å². The predicted octanol–water partition coefficient (Wildman–Crippen LogP) is 3.78. The summed E-state index contributed by atoms with van der Waals surface area (Å²) < 4.78 is 20.7. The van der Waals surface area contributed by atoms with Crippen LogP contribution in [0.2, 0.25) is 5.02 Å². The van der Waals surface area contributed by atoms with Crippen LogP contribution in [0.25, 0.3) is 0 Å². The quantitative estimate of drug-likeness (QED) is 0.607. The standard InChI is InChI=1S/C20H21ClN2O3S/c1-20(2,3)27(25)23-18(13-7-9-16(21)10-8-13)14-5-4-6-15(11-14)19-22-12-17(24)26-19/h4-11,18,23H,12H2,1-3H3/t18-,27-/m0/s1. The lowest BCUT2D eigenvalue weighted by atomic mass is 9.98. The number of cyclic esters (lactones) is 1. The van der Waals surface area contributed by atoms with Crippen LogP contribution in [-0.4, -0.2) is 27.7 Å². The average molecular weight is 405 g/mol. The number of benzene rings is 2. The largest absolute Gasteiger partial charge is 0.598 e. The molecule has 0 amide bonds. The molecule has 0 aliphatic carbocycles. The van der Waals surface area contributed by atoms with Crippen LogP contribution in [0, 0.1) is 0 Å². The third kappa shape index (κ3) is 4.90. The monoisotopic (exact) mass is 404 g/mol. The number of aliphatic imine (C=N–C) groups is 1. The Hall–Kier alpha value is -1.86. The van der Waals surface area contributed by atoms with E-state index in [0.29, 0.717) is 16.5 Å². The number of hydrogen-bond donors (Lipinski definition) is 1. The molecule has 2 aromatic rings. The van der Waals surface area contributed by atoms with Gasteiger partial charge in [0.05, 0.1) is 0 Å². The van der Waals surface area contributed by atoms with Crippen LogP contribution in [0.3, 0.4) is 0 Å². The molecule has 0 saturated heterocycles. The lowest BCUT2D eigenvalue weighted by Gasteiger charge is -2.28. The van der Waals surface area contributed by atoms with E-state index in [-0.39, 0.29) is 18.6 Å². The van der Waals surface area contributed by atoms with Gasteiger partial charge in [-0.3, -0.25) is 0 Å². The third-order valence-electron chi connectivity index (χ3n) is 4.01. The molecular formula is C20H21ClN2O3S. The number of hydrogen-bond acceptors (Lipinski definition) is 5. The number of nitrogens with one attached hydrogen (secondary N) is 1. The van der Waals surface area contributed by atoms with Crippen LogP contribution < -0.4 is 4.72 Å². The number of carbonyl (C=O) groups excluding carboxylic acids is 1. The molecule has 7 heteroatoms. The number of halogens is 1. The zero-order chi connectivity index (χ0) is 19.6. The molecule has 0 saturated carbocycles. The Kier molecular flexibility index (Phi) is 5.91. The van der Waals surface area contributed by atoms with Crippen molar-refractivity contribution < 1.29 is 14.1 Å². The van der Waals surface area contributed by atoms with Crippen molar-refractivity contribution in [1.82, 2.24) is 4.72 Å². The summed E-state index contributed by atoms with van der Waals surface area (Å²) in [5, 5.41) is 0.635. The molecule has 1 aliphatic heterocycles. The molecule has 27 heavy (non-hydrogen) atoms. The Morgan fingerprint density at radius 2 is 1.89 bits per heavy atom. The summed E-state index contributed by atoms with van der Waals surface area (Å²) in [7, 11) is 0. The molecule has 5 nitrogen and oxygen atoms in total. The van der Waals surface area contributed by atoms with Gasteiger partial charge in [0.25, 0.3) is 0 Å². The first-order chi connectivity index (χ1) is 12.7. The maximum atomic E-state index is 12.8. The maximum absolute atomic E-state index is 12.8. The van der Waals surface area contributed by atoms with Crippen LogP contribution in [-0.2, 0) is 20.9 Å². The lowest BCUT2D eigenvalue weighted by Crippen LogP contribution is -2.41. The van der Waals surface area contributed by atoms with Crippen LogP contribution in [0.15, 0.2) is 53.5 Å². The second-order valence-electron chi connectivity index (χ2n) is 7.20. The fourth-order valence-electron chi connectivity index (χ4n) is 2.58. The smallest absolute Gasteiger partial charge is 0.334 e. The van der Waals surface area contributed by atoms with Crippen LogP contribution in [0.1, 0.15) is 43.5 Å². The zero-order valence-corrected chi connectivity index (χ0v) is 16.9. The average Bonchev–Trinajstić information content (AvgIpc) is 3.06. The van der Waals surface area contributed by atoms with Crippen LogP contribution >= 0.6 is 11.6 Å². The summed E-state index contributed by atoms with van der Waals surface area (Å²) in [6, 6.07) is 14.6. The third-order valence-corrected chi connectivity index (χ3v) is 5.83. The molecule has 0 radical (unpaired) electrons. The Bertz CT molecular complexity index is 862. The van der Waals surface area contributed by atoms with Gasteiger partial charge >= 0.3 is 5.97 Å². The molecular weight excluding hydrogens is 384 g/mol. The molecule has 2 atom stereocenters. The fraction of sp³-hybridized carbons (Fsp3) is 0.300. The maximum Gasteiger partial charge on any atom is 0.334 e. The number of carbonyl (C=O) groups is 1. The highest BCUT2D eigenvalue weighted by molar-refractivity contribution is 7.90.